The monoisotopic (exact) mass is 303 g/mol. The first kappa shape index (κ1) is 17.1. The molecule has 0 aliphatic rings. The Kier molecular flexibility index (Phi) is 6.84. The SMILES string of the molecule is CC(C)CCNC(N)=NCc1c(F)cccc1OC(F)F. The highest BCUT2D eigenvalue weighted by Crippen LogP contribution is 2.24. The van der Waals surface area contributed by atoms with Crippen LogP contribution in [-0.2, 0) is 6.54 Å². The molecule has 0 saturated heterocycles. The molecule has 0 bridgehead atoms. The minimum Gasteiger partial charge on any atom is -0.434 e. The molecule has 1 aromatic carbocycles. The van der Waals surface area contributed by atoms with Gasteiger partial charge < -0.3 is 15.8 Å². The largest absolute Gasteiger partial charge is 0.434 e. The van der Waals surface area contributed by atoms with Gasteiger partial charge in [0.25, 0.3) is 0 Å². The number of nitrogens with one attached hydrogen (secondary N) is 1. The van der Waals surface area contributed by atoms with E-state index in [4.69, 9.17) is 5.73 Å². The van der Waals surface area contributed by atoms with Gasteiger partial charge in [0.15, 0.2) is 5.96 Å². The Morgan fingerprint density at radius 3 is 2.71 bits per heavy atom. The molecule has 21 heavy (non-hydrogen) atoms. The maximum absolute atomic E-state index is 13.7. The van der Waals surface area contributed by atoms with Gasteiger partial charge in [-0.3, -0.25) is 0 Å². The fourth-order valence-electron chi connectivity index (χ4n) is 1.61. The quantitative estimate of drug-likeness (QED) is 0.601. The predicted molar refractivity (Wildman–Crippen MR) is 75.8 cm³/mol. The highest BCUT2D eigenvalue weighted by molar-refractivity contribution is 5.77. The fraction of sp³-hybridized carbons (Fsp3) is 0.500. The average molecular weight is 303 g/mol. The Hall–Kier alpha value is -1.92. The molecule has 0 saturated carbocycles. The molecule has 0 heterocycles. The Bertz CT molecular complexity index is 479. The van der Waals surface area contributed by atoms with E-state index in [2.05, 4.69) is 28.9 Å². The lowest BCUT2D eigenvalue weighted by molar-refractivity contribution is -0.0506. The summed E-state index contributed by atoms with van der Waals surface area (Å²) >= 11 is 0. The molecule has 0 atom stereocenters. The van der Waals surface area contributed by atoms with Gasteiger partial charge in [-0.25, -0.2) is 9.38 Å². The summed E-state index contributed by atoms with van der Waals surface area (Å²) in [5, 5.41) is 2.88. The third-order valence-electron chi connectivity index (χ3n) is 2.73. The minimum absolute atomic E-state index is 0.0496. The van der Waals surface area contributed by atoms with Crippen molar-refractivity contribution in [1.29, 1.82) is 0 Å². The fourth-order valence-corrected chi connectivity index (χ4v) is 1.61. The molecule has 0 unspecified atom stereocenters. The third-order valence-corrected chi connectivity index (χ3v) is 2.73. The van der Waals surface area contributed by atoms with Gasteiger partial charge in [0, 0.05) is 6.54 Å². The lowest BCUT2D eigenvalue weighted by atomic mass is 10.1. The molecule has 3 N–H and O–H groups in total. The van der Waals surface area contributed by atoms with Crippen molar-refractivity contribution in [2.24, 2.45) is 16.6 Å². The van der Waals surface area contributed by atoms with Gasteiger partial charge in [0.2, 0.25) is 0 Å². The smallest absolute Gasteiger partial charge is 0.387 e. The van der Waals surface area contributed by atoms with E-state index in [1.165, 1.54) is 12.1 Å². The van der Waals surface area contributed by atoms with Crippen molar-refractivity contribution >= 4 is 5.96 Å². The van der Waals surface area contributed by atoms with Crippen LogP contribution in [0, 0.1) is 11.7 Å². The summed E-state index contributed by atoms with van der Waals surface area (Å²) in [5.41, 5.74) is 5.59. The number of ether oxygens (including phenoxy) is 1. The highest BCUT2D eigenvalue weighted by Gasteiger charge is 2.13. The first-order chi connectivity index (χ1) is 9.90. The maximum Gasteiger partial charge on any atom is 0.387 e. The van der Waals surface area contributed by atoms with E-state index < -0.39 is 12.4 Å². The Morgan fingerprint density at radius 1 is 1.38 bits per heavy atom. The van der Waals surface area contributed by atoms with Crippen LogP contribution in [0.4, 0.5) is 13.2 Å². The minimum atomic E-state index is -3.02. The molecule has 4 nitrogen and oxygen atoms in total. The van der Waals surface area contributed by atoms with Crippen molar-refractivity contribution in [2.45, 2.75) is 33.4 Å². The van der Waals surface area contributed by atoms with Gasteiger partial charge in [-0.05, 0) is 24.5 Å². The zero-order valence-electron chi connectivity index (χ0n) is 12.1. The molecule has 0 spiro atoms. The number of halogens is 3. The molecular weight excluding hydrogens is 283 g/mol. The predicted octanol–water partition coefficient (Wildman–Crippen LogP) is 2.88. The summed E-state index contributed by atoms with van der Waals surface area (Å²) in [4.78, 5) is 3.94. The van der Waals surface area contributed by atoms with E-state index in [0.29, 0.717) is 12.5 Å². The van der Waals surface area contributed by atoms with Crippen molar-refractivity contribution in [2.75, 3.05) is 6.54 Å². The molecule has 0 aliphatic heterocycles. The van der Waals surface area contributed by atoms with Gasteiger partial charge in [-0.1, -0.05) is 19.9 Å². The molecule has 0 fully saturated rings. The van der Waals surface area contributed by atoms with Crippen LogP contribution in [0.15, 0.2) is 23.2 Å². The average Bonchev–Trinajstić information content (AvgIpc) is 2.37. The van der Waals surface area contributed by atoms with Crippen LogP contribution in [0.25, 0.3) is 0 Å². The summed E-state index contributed by atoms with van der Waals surface area (Å²) < 4.78 is 42.4. The zero-order chi connectivity index (χ0) is 15.8. The van der Waals surface area contributed by atoms with Crippen LogP contribution in [0.2, 0.25) is 0 Å². The molecular formula is C14H20F3N3O. The van der Waals surface area contributed by atoms with E-state index in [1.807, 2.05) is 0 Å². The van der Waals surface area contributed by atoms with Gasteiger partial charge in [-0.15, -0.1) is 0 Å². The van der Waals surface area contributed by atoms with Crippen molar-refractivity contribution in [3.05, 3.63) is 29.6 Å². The topological polar surface area (TPSA) is 59.6 Å². The first-order valence-corrected chi connectivity index (χ1v) is 6.66. The van der Waals surface area contributed by atoms with Crippen molar-refractivity contribution in [1.82, 2.24) is 5.32 Å². The lowest BCUT2D eigenvalue weighted by Crippen LogP contribution is -2.32. The standard InChI is InChI=1S/C14H20F3N3O/c1-9(2)6-7-19-14(18)20-8-10-11(15)4-3-5-12(10)21-13(16)17/h3-5,9,13H,6-8H2,1-2H3,(H3,18,19,20). The summed E-state index contributed by atoms with van der Waals surface area (Å²) in [6, 6.07) is 3.72. The number of nitrogens with two attached hydrogens (primary N) is 1. The number of benzene rings is 1. The molecule has 1 aromatic rings. The summed E-state index contributed by atoms with van der Waals surface area (Å²) in [7, 11) is 0. The van der Waals surface area contributed by atoms with Gasteiger partial charge in [-0.2, -0.15) is 8.78 Å². The van der Waals surface area contributed by atoms with Crippen molar-refractivity contribution < 1.29 is 17.9 Å². The maximum atomic E-state index is 13.7. The third kappa shape index (κ3) is 6.37. The molecule has 0 radical (unpaired) electrons. The van der Waals surface area contributed by atoms with E-state index in [9.17, 15) is 13.2 Å². The van der Waals surface area contributed by atoms with Crippen LogP contribution >= 0.6 is 0 Å². The lowest BCUT2D eigenvalue weighted by Gasteiger charge is -2.11. The zero-order valence-corrected chi connectivity index (χ0v) is 12.1. The van der Waals surface area contributed by atoms with Gasteiger partial charge in [0.1, 0.15) is 11.6 Å². The number of hydrogen-bond acceptors (Lipinski definition) is 2. The van der Waals surface area contributed by atoms with Crippen LogP contribution in [-0.4, -0.2) is 19.1 Å². The summed E-state index contributed by atoms with van der Waals surface area (Å²) in [5.74, 6) is -0.236. The number of aliphatic imine (C=N–C) groups is 1. The van der Waals surface area contributed by atoms with Gasteiger partial charge >= 0.3 is 6.61 Å². The summed E-state index contributed by atoms with van der Waals surface area (Å²) in [6.07, 6.45) is 0.912. The van der Waals surface area contributed by atoms with Crippen LogP contribution in [0.3, 0.4) is 0 Å². The van der Waals surface area contributed by atoms with Crippen molar-refractivity contribution in [3.8, 4) is 5.75 Å². The highest BCUT2D eigenvalue weighted by atomic mass is 19.3. The molecule has 0 amide bonds. The molecule has 7 heteroatoms. The van der Waals surface area contributed by atoms with Crippen LogP contribution in [0.1, 0.15) is 25.8 Å². The second-order valence-electron chi connectivity index (χ2n) is 4.91. The number of alkyl halides is 2. The number of rotatable bonds is 7. The first-order valence-electron chi connectivity index (χ1n) is 6.66. The van der Waals surface area contributed by atoms with E-state index in [-0.39, 0.29) is 23.8 Å². The molecule has 118 valence electrons. The Balaban J connectivity index is 2.69. The number of guanidine groups is 1. The van der Waals surface area contributed by atoms with E-state index in [0.717, 1.165) is 12.5 Å². The van der Waals surface area contributed by atoms with Gasteiger partial charge in [0.05, 0.1) is 12.1 Å². The second kappa shape index (κ2) is 8.39. The normalized spacial score (nSPS) is 12.0. The van der Waals surface area contributed by atoms with Crippen LogP contribution < -0.4 is 15.8 Å². The Labute approximate surface area is 122 Å². The van der Waals surface area contributed by atoms with E-state index >= 15 is 0 Å². The molecule has 1 rings (SSSR count). The number of hydrogen-bond donors (Lipinski definition) is 2. The summed E-state index contributed by atoms with van der Waals surface area (Å²) in [6.45, 7) is 1.60. The van der Waals surface area contributed by atoms with E-state index in [1.54, 1.807) is 0 Å². The second-order valence-corrected chi connectivity index (χ2v) is 4.91. The molecule has 0 aromatic heterocycles. The van der Waals surface area contributed by atoms with Crippen molar-refractivity contribution in [3.63, 3.8) is 0 Å². The Morgan fingerprint density at radius 2 is 2.10 bits per heavy atom. The number of nitrogens with zero attached hydrogens (tertiary/aromatic N) is 1. The van der Waals surface area contributed by atoms with Crippen LogP contribution in [0.5, 0.6) is 5.75 Å². The molecule has 0 aliphatic carbocycles.